The van der Waals surface area contributed by atoms with Crippen LogP contribution < -0.4 is 15.1 Å². The number of nitrogens with zero attached hydrogens (tertiary/aromatic N) is 4. The van der Waals surface area contributed by atoms with Crippen molar-refractivity contribution in [2.45, 2.75) is 36.1 Å². The van der Waals surface area contributed by atoms with Crippen molar-refractivity contribution < 1.29 is 9.32 Å². The van der Waals surface area contributed by atoms with Crippen LogP contribution in [0.2, 0.25) is 5.02 Å². The van der Waals surface area contributed by atoms with Crippen molar-refractivity contribution in [3.8, 4) is 0 Å². The molecule has 3 aliphatic rings. The van der Waals surface area contributed by atoms with Crippen molar-refractivity contribution in [3.63, 3.8) is 0 Å². The van der Waals surface area contributed by atoms with E-state index in [1.54, 1.807) is 0 Å². The van der Waals surface area contributed by atoms with E-state index in [2.05, 4.69) is 33.3 Å². The Morgan fingerprint density at radius 2 is 2.00 bits per heavy atom. The summed E-state index contributed by atoms with van der Waals surface area (Å²) in [6, 6.07) is 7.95. The number of fused-ring (bicyclic) bond motifs is 1. The van der Waals surface area contributed by atoms with Gasteiger partial charge in [-0.15, -0.1) is 0 Å². The molecule has 1 aromatic carbocycles. The lowest BCUT2D eigenvalue weighted by Crippen LogP contribution is -2.49. The number of aromatic nitrogens is 2. The molecule has 170 valence electrons. The first-order chi connectivity index (χ1) is 15.5. The second kappa shape index (κ2) is 8.65. The number of rotatable bonds is 5. The predicted molar refractivity (Wildman–Crippen MR) is 130 cm³/mol. The smallest absolute Gasteiger partial charge is 0.229 e. The molecule has 2 N–H and O–H groups in total. The van der Waals surface area contributed by atoms with E-state index < -0.39 is 10.8 Å². The Kier molecular flexibility index (Phi) is 5.86. The molecule has 0 saturated heterocycles. The summed E-state index contributed by atoms with van der Waals surface area (Å²) in [5, 5.41) is 14.2. The van der Waals surface area contributed by atoms with Crippen LogP contribution in [-0.2, 0) is 10.8 Å². The number of nitrogens with one attached hydrogen (secondary N) is 1. The first kappa shape index (κ1) is 21.7. The van der Waals surface area contributed by atoms with E-state index in [0.717, 1.165) is 43.1 Å². The van der Waals surface area contributed by atoms with Gasteiger partial charge in [-0.2, -0.15) is 9.97 Å². The van der Waals surface area contributed by atoms with Gasteiger partial charge in [0.2, 0.25) is 5.95 Å². The number of aliphatic hydroxyl groups is 1. The maximum Gasteiger partial charge on any atom is 0.229 e. The number of hydrogen-bond acceptors (Lipinski definition) is 7. The summed E-state index contributed by atoms with van der Waals surface area (Å²) in [5.41, 5.74) is 2.11. The highest BCUT2D eigenvalue weighted by Gasteiger charge is 2.39. The summed E-state index contributed by atoms with van der Waals surface area (Å²) in [6.07, 6.45) is 5.94. The largest absolute Gasteiger partial charge is 0.394 e. The van der Waals surface area contributed by atoms with Crippen LogP contribution in [0.4, 0.5) is 17.6 Å². The third-order valence-electron chi connectivity index (χ3n) is 6.74. The predicted octanol–water partition coefficient (Wildman–Crippen LogP) is 3.31. The van der Waals surface area contributed by atoms with Crippen molar-refractivity contribution in [1.29, 1.82) is 0 Å². The molecule has 1 saturated carbocycles. The molecule has 32 heavy (non-hydrogen) atoms. The maximum absolute atomic E-state index is 12.9. The van der Waals surface area contributed by atoms with Gasteiger partial charge in [0, 0.05) is 37.5 Å². The van der Waals surface area contributed by atoms with Gasteiger partial charge in [-0.05, 0) is 49.0 Å². The number of aliphatic hydroxyl groups excluding tert-OH is 1. The zero-order chi connectivity index (χ0) is 22.3. The van der Waals surface area contributed by atoms with Crippen molar-refractivity contribution in [2.75, 3.05) is 54.2 Å². The minimum Gasteiger partial charge on any atom is -0.394 e. The van der Waals surface area contributed by atoms with Gasteiger partial charge in [0.25, 0.3) is 0 Å². The molecular weight excluding hydrogens is 446 g/mol. The number of hydrogen-bond donors (Lipinski definition) is 2. The number of benzene rings is 1. The molecule has 9 heteroatoms. The van der Waals surface area contributed by atoms with Crippen molar-refractivity contribution in [1.82, 2.24) is 9.97 Å². The topological polar surface area (TPSA) is 81.6 Å². The fourth-order valence-corrected chi connectivity index (χ4v) is 5.99. The molecule has 2 aliphatic heterocycles. The van der Waals surface area contributed by atoms with Crippen molar-refractivity contribution >= 4 is 45.6 Å². The second-order valence-corrected chi connectivity index (χ2v) is 10.8. The molecule has 0 amide bonds. The summed E-state index contributed by atoms with van der Waals surface area (Å²) in [4.78, 5) is 14.6. The van der Waals surface area contributed by atoms with Gasteiger partial charge in [-0.3, -0.25) is 4.21 Å². The van der Waals surface area contributed by atoms with E-state index in [0.29, 0.717) is 35.5 Å². The van der Waals surface area contributed by atoms with Crippen LogP contribution in [-0.4, -0.2) is 63.9 Å². The maximum atomic E-state index is 12.9. The minimum absolute atomic E-state index is 0.0422. The van der Waals surface area contributed by atoms with Gasteiger partial charge in [-0.25, -0.2) is 0 Å². The van der Waals surface area contributed by atoms with Gasteiger partial charge >= 0.3 is 0 Å². The second-order valence-electron chi connectivity index (χ2n) is 8.85. The fraction of sp³-hybridized carbons (Fsp3) is 0.478. The molecule has 5 rings (SSSR count). The van der Waals surface area contributed by atoms with Crippen LogP contribution in [0, 0.1) is 0 Å². The summed E-state index contributed by atoms with van der Waals surface area (Å²) < 4.78 is 12.9. The number of anilines is 3. The SMILES string of the molecule is CN1CC[S@@](=O)c2c(NC3(CO)CCC3)nc(N3CC=C(c4ccc(Cl)cc4)CC3)nc21. The van der Waals surface area contributed by atoms with E-state index >= 15 is 0 Å². The van der Waals surface area contributed by atoms with E-state index in [1.807, 2.05) is 19.2 Å². The lowest BCUT2D eigenvalue weighted by molar-refractivity contribution is 0.143. The molecule has 1 aromatic heterocycles. The molecule has 0 unspecified atom stereocenters. The van der Waals surface area contributed by atoms with Gasteiger partial charge in [0.1, 0.15) is 4.90 Å². The van der Waals surface area contributed by atoms with E-state index in [9.17, 15) is 9.32 Å². The molecule has 1 aliphatic carbocycles. The monoisotopic (exact) mass is 473 g/mol. The van der Waals surface area contributed by atoms with Crippen LogP contribution in [0.25, 0.3) is 5.57 Å². The Morgan fingerprint density at radius 3 is 2.62 bits per heavy atom. The third-order valence-corrected chi connectivity index (χ3v) is 8.38. The van der Waals surface area contributed by atoms with Gasteiger partial charge < -0.3 is 20.2 Å². The Morgan fingerprint density at radius 1 is 1.22 bits per heavy atom. The zero-order valence-electron chi connectivity index (χ0n) is 18.2. The number of halogens is 1. The lowest BCUT2D eigenvalue weighted by Gasteiger charge is -2.42. The molecule has 7 nitrogen and oxygen atoms in total. The van der Waals surface area contributed by atoms with Crippen LogP contribution in [0.3, 0.4) is 0 Å². The van der Waals surface area contributed by atoms with E-state index in [-0.39, 0.29) is 12.1 Å². The Bertz CT molecular complexity index is 1070. The first-order valence-electron chi connectivity index (χ1n) is 11.1. The Hall–Kier alpha value is -2.16. The molecule has 1 fully saturated rings. The van der Waals surface area contributed by atoms with Crippen LogP contribution in [0.5, 0.6) is 0 Å². The average molecular weight is 474 g/mol. The third kappa shape index (κ3) is 4.00. The highest BCUT2D eigenvalue weighted by Crippen LogP contribution is 2.40. The van der Waals surface area contributed by atoms with Crippen molar-refractivity contribution in [3.05, 3.63) is 40.9 Å². The average Bonchev–Trinajstić information content (AvgIpc) is 2.79. The minimum atomic E-state index is -1.16. The summed E-state index contributed by atoms with van der Waals surface area (Å²) in [7, 11) is 0.822. The molecule has 2 aromatic rings. The molecular formula is C23H28ClN5O2S. The fourth-order valence-electron chi connectivity index (χ4n) is 4.50. The van der Waals surface area contributed by atoms with Gasteiger partial charge in [0.05, 0.1) is 22.9 Å². The van der Waals surface area contributed by atoms with Crippen LogP contribution in [0.1, 0.15) is 31.2 Å². The van der Waals surface area contributed by atoms with Gasteiger partial charge in [0.15, 0.2) is 11.6 Å². The Balaban J connectivity index is 1.47. The van der Waals surface area contributed by atoms with E-state index in [4.69, 9.17) is 21.6 Å². The van der Waals surface area contributed by atoms with Crippen molar-refractivity contribution in [2.24, 2.45) is 0 Å². The summed E-state index contributed by atoms with van der Waals surface area (Å²) in [6.45, 7) is 2.24. The summed E-state index contributed by atoms with van der Waals surface area (Å²) in [5.74, 6) is 2.53. The highest BCUT2D eigenvalue weighted by atomic mass is 35.5. The van der Waals surface area contributed by atoms with E-state index in [1.165, 1.54) is 11.1 Å². The first-order valence-corrected chi connectivity index (χ1v) is 12.8. The molecule has 1 atom stereocenters. The quantitative estimate of drug-likeness (QED) is 0.689. The molecule has 0 radical (unpaired) electrons. The summed E-state index contributed by atoms with van der Waals surface area (Å²) >= 11 is 6.03. The Labute approximate surface area is 196 Å². The molecule has 0 spiro atoms. The molecule has 3 heterocycles. The highest BCUT2D eigenvalue weighted by molar-refractivity contribution is 7.85. The van der Waals surface area contributed by atoms with Crippen LogP contribution >= 0.6 is 11.6 Å². The van der Waals surface area contributed by atoms with Gasteiger partial charge in [-0.1, -0.05) is 29.8 Å². The van der Waals surface area contributed by atoms with Crippen LogP contribution in [0.15, 0.2) is 35.2 Å². The lowest BCUT2D eigenvalue weighted by atomic mass is 9.77. The zero-order valence-corrected chi connectivity index (χ0v) is 19.8. The molecule has 0 bridgehead atoms. The normalized spacial score (nSPS) is 22.1. The standard InChI is InChI=1S/C23H28ClN5O2S/c1-28-13-14-32(31)19-20(27-23(15-30)9-2-10-23)25-22(26-21(19)28)29-11-7-17(8-12-29)16-3-5-18(24)6-4-16/h3-7,30H,2,8-15H2,1H3,(H,25,26,27)/t32-/m1/s1.